The summed E-state index contributed by atoms with van der Waals surface area (Å²) < 4.78 is 50.2. The van der Waals surface area contributed by atoms with Crippen LogP contribution >= 0.6 is 23.6 Å². The molecule has 0 fully saturated rings. The first-order valence-corrected chi connectivity index (χ1v) is 12.4. The molecule has 0 spiro atoms. The first-order valence-electron chi connectivity index (χ1n) is 11.1. The molecule has 0 aliphatic rings. The molecule has 0 aliphatic heterocycles. The first kappa shape index (κ1) is 25.4. The summed E-state index contributed by atoms with van der Waals surface area (Å²) >= 11 is 6.53. The molecular weight excluding hydrogens is 535 g/mol. The summed E-state index contributed by atoms with van der Waals surface area (Å²) in [5.74, 6) is -2.43. The van der Waals surface area contributed by atoms with Crippen LogP contribution in [0.5, 0.6) is 11.5 Å². The Morgan fingerprint density at radius 1 is 1.05 bits per heavy atom. The van der Waals surface area contributed by atoms with Crippen LogP contribution in [0.25, 0.3) is 20.8 Å². The number of rotatable bonds is 6. The molecule has 0 radical (unpaired) electrons. The van der Waals surface area contributed by atoms with E-state index in [-0.39, 0.29) is 28.5 Å². The molecule has 192 valence electrons. The number of nitrogens with one attached hydrogen (secondary N) is 2. The van der Waals surface area contributed by atoms with Crippen LogP contribution in [-0.2, 0) is 18.3 Å². The summed E-state index contributed by atoms with van der Waals surface area (Å²) in [6.07, 6.45) is 4.84. The monoisotopic (exact) mass is 553 g/mol. The highest BCUT2D eigenvalue weighted by atomic mass is 32.1. The number of benzene rings is 2. The zero-order valence-corrected chi connectivity index (χ0v) is 21.3. The van der Waals surface area contributed by atoms with Gasteiger partial charge in [0.15, 0.2) is 16.7 Å². The molecule has 5 aromatic rings. The van der Waals surface area contributed by atoms with Crippen molar-refractivity contribution in [2.75, 3.05) is 5.32 Å². The summed E-state index contributed by atoms with van der Waals surface area (Å²) in [5.41, 5.74) is 1.78. The van der Waals surface area contributed by atoms with Gasteiger partial charge in [-0.3, -0.25) is 9.78 Å². The molecule has 0 atom stereocenters. The quantitative estimate of drug-likeness (QED) is 0.253. The number of anilines is 1. The third-order valence-electron chi connectivity index (χ3n) is 5.36. The smallest absolute Gasteiger partial charge is 0.230 e. The average molecular weight is 554 g/mol. The van der Waals surface area contributed by atoms with Crippen molar-refractivity contribution in [2.45, 2.75) is 6.42 Å². The molecule has 5 rings (SSSR count). The number of aromatic nitrogens is 3. The van der Waals surface area contributed by atoms with E-state index in [4.69, 9.17) is 17.0 Å². The lowest BCUT2D eigenvalue weighted by Gasteiger charge is -2.12. The zero-order valence-electron chi connectivity index (χ0n) is 19.7. The third kappa shape index (κ3) is 5.66. The molecule has 1 amide bonds. The van der Waals surface area contributed by atoms with E-state index in [1.54, 1.807) is 18.6 Å². The SMILES string of the molecule is Cn1cnc(-c2cc3nccc(Oc4ccc(NC(=S)NC(=O)Cc5ccc(F)cc5F)cc4F)c3s2)c1. The van der Waals surface area contributed by atoms with Crippen molar-refractivity contribution < 1.29 is 22.7 Å². The van der Waals surface area contributed by atoms with Crippen molar-refractivity contribution in [1.29, 1.82) is 0 Å². The number of ether oxygens (including phenoxy) is 1. The van der Waals surface area contributed by atoms with Gasteiger partial charge in [0.2, 0.25) is 5.91 Å². The molecule has 2 N–H and O–H groups in total. The van der Waals surface area contributed by atoms with Crippen molar-refractivity contribution in [3.63, 3.8) is 0 Å². The largest absolute Gasteiger partial charge is 0.453 e. The maximum Gasteiger partial charge on any atom is 0.230 e. The van der Waals surface area contributed by atoms with Crippen LogP contribution < -0.4 is 15.4 Å². The van der Waals surface area contributed by atoms with Crippen molar-refractivity contribution in [1.82, 2.24) is 19.9 Å². The molecule has 3 aromatic heterocycles. The van der Waals surface area contributed by atoms with Gasteiger partial charge in [0.1, 0.15) is 17.4 Å². The van der Waals surface area contributed by atoms with Crippen molar-refractivity contribution in [3.8, 4) is 22.1 Å². The number of carbonyl (C=O) groups excluding carboxylic acids is 1. The second kappa shape index (κ2) is 10.6. The molecule has 0 unspecified atom stereocenters. The minimum atomic E-state index is -0.835. The van der Waals surface area contributed by atoms with E-state index in [0.29, 0.717) is 17.3 Å². The van der Waals surface area contributed by atoms with Crippen LogP contribution in [0.3, 0.4) is 0 Å². The Hall–Kier alpha value is -4.29. The van der Waals surface area contributed by atoms with Gasteiger partial charge >= 0.3 is 0 Å². The molecular formula is C26H18F3N5O2S2. The summed E-state index contributed by atoms with van der Waals surface area (Å²) in [6, 6.07) is 10.6. The van der Waals surface area contributed by atoms with Gasteiger partial charge in [0.05, 0.1) is 33.5 Å². The average Bonchev–Trinajstić information content (AvgIpc) is 3.49. The Bertz CT molecular complexity index is 1680. The number of thiocarbonyl (C=S) groups is 1. The lowest BCUT2D eigenvalue weighted by molar-refractivity contribution is -0.119. The number of pyridine rings is 1. The second-order valence-electron chi connectivity index (χ2n) is 8.22. The van der Waals surface area contributed by atoms with E-state index in [9.17, 15) is 18.0 Å². The molecule has 12 heteroatoms. The van der Waals surface area contributed by atoms with Crippen LogP contribution in [0.15, 0.2) is 67.3 Å². The highest BCUT2D eigenvalue weighted by molar-refractivity contribution is 7.80. The molecule has 0 aliphatic carbocycles. The molecule has 3 heterocycles. The van der Waals surface area contributed by atoms with Crippen molar-refractivity contribution in [3.05, 3.63) is 90.3 Å². The lowest BCUT2D eigenvalue weighted by Crippen LogP contribution is -2.35. The van der Waals surface area contributed by atoms with Crippen LogP contribution in [0, 0.1) is 17.5 Å². The van der Waals surface area contributed by atoms with E-state index in [0.717, 1.165) is 21.3 Å². The number of aryl methyl sites for hydroxylation is 1. The van der Waals surface area contributed by atoms with Gasteiger partial charge < -0.3 is 19.9 Å². The Morgan fingerprint density at radius 3 is 2.63 bits per heavy atom. The van der Waals surface area contributed by atoms with E-state index in [1.165, 1.54) is 35.6 Å². The summed E-state index contributed by atoms with van der Waals surface area (Å²) in [7, 11) is 1.88. The summed E-state index contributed by atoms with van der Waals surface area (Å²) in [4.78, 5) is 21.8. The van der Waals surface area contributed by atoms with Crippen molar-refractivity contribution in [2.24, 2.45) is 7.05 Å². The Kier molecular flexibility index (Phi) is 7.07. The third-order valence-corrected chi connectivity index (χ3v) is 6.73. The van der Waals surface area contributed by atoms with Crippen LogP contribution in [-0.4, -0.2) is 25.6 Å². The number of hydrogen-bond acceptors (Lipinski definition) is 6. The predicted octanol–water partition coefficient (Wildman–Crippen LogP) is 5.96. The zero-order chi connectivity index (χ0) is 26.8. The fraction of sp³-hybridized carbons (Fsp3) is 0.0769. The fourth-order valence-corrected chi connectivity index (χ4v) is 4.87. The molecule has 0 bridgehead atoms. The fourth-order valence-electron chi connectivity index (χ4n) is 3.61. The topological polar surface area (TPSA) is 81.1 Å². The number of amides is 1. The van der Waals surface area contributed by atoms with Gasteiger partial charge in [0.25, 0.3) is 0 Å². The van der Waals surface area contributed by atoms with Gasteiger partial charge in [-0.05, 0) is 42.0 Å². The first-order chi connectivity index (χ1) is 18.2. The second-order valence-corrected chi connectivity index (χ2v) is 9.68. The number of nitrogens with zero attached hydrogens (tertiary/aromatic N) is 3. The highest BCUT2D eigenvalue weighted by Crippen LogP contribution is 2.39. The van der Waals surface area contributed by atoms with E-state index >= 15 is 0 Å². The van der Waals surface area contributed by atoms with Gasteiger partial charge in [-0.25, -0.2) is 18.2 Å². The van der Waals surface area contributed by atoms with Crippen LogP contribution in [0.2, 0.25) is 0 Å². The van der Waals surface area contributed by atoms with Crippen LogP contribution in [0.4, 0.5) is 18.9 Å². The minimum absolute atomic E-state index is 0.0161. The summed E-state index contributed by atoms with van der Waals surface area (Å²) in [5, 5.41) is 4.98. The van der Waals surface area contributed by atoms with E-state index in [2.05, 4.69) is 20.6 Å². The molecule has 0 saturated heterocycles. The standard InChI is InChI=1S/C26H18F3N5O2S2/c1-34-12-20(31-13-34)23-11-19-25(38-23)22(6-7-30-19)36-21-5-4-16(10-18(21)29)32-26(37)33-24(35)8-14-2-3-15(27)9-17(14)28/h2-7,9-13H,8H2,1H3,(H2,32,33,35,37). The molecule has 2 aromatic carbocycles. The number of imidazole rings is 1. The number of thiophene rings is 1. The van der Waals surface area contributed by atoms with E-state index in [1.807, 2.05) is 23.9 Å². The Morgan fingerprint density at radius 2 is 1.89 bits per heavy atom. The number of fused-ring (bicyclic) bond motifs is 1. The van der Waals surface area contributed by atoms with Crippen molar-refractivity contribution >= 4 is 50.5 Å². The number of carbonyl (C=O) groups is 1. The Balaban J connectivity index is 1.25. The maximum absolute atomic E-state index is 14.9. The minimum Gasteiger partial charge on any atom is -0.453 e. The predicted molar refractivity (Wildman–Crippen MR) is 143 cm³/mol. The maximum atomic E-state index is 14.9. The summed E-state index contributed by atoms with van der Waals surface area (Å²) in [6.45, 7) is 0. The Labute approximate surface area is 223 Å². The normalized spacial score (nSPS) is 10.9. The van der Waals surface area contributed by atoms with Gasteiger partial charge in [0, 0.05) is 43.3 Å². The molecule has 0 saturated carbocycles. The molecule has 38 heavy (non-hydrogen) atoms. The van der Waals surface area contributed by atoms with Gasteiger partial charge in [-0.1, -0.05) is 6.07 Å². The van der Waals surface area contributed by atoms with Crippen LogP contribution in [0.1, 0.15) is 5.56 Å². The number of hydrogen-bond donors (Lipinski definition) is 2. The van der Waals surface area contributed by atoms with Gasteiger partial charge in [-0.2, -0.15) is 0 Å². The van der Waals surface area contributed by atoms with E-state index < -0.39 is 23.4 Å². The molecule has 7 nitrogen and oxygen atoms in total. The number of halogens is 3. The lowest BCUT2D eigenvalue weighted by atomic mass is 10.1. The van der Waals surface area contributed by atoms with Gasteiger partial charge in [-0.15, -0.1) is 11.3 Å². The highest BCUT2D eigenvalue weighted by Gasteiger charge is 2.15.